The van der Waals surface area contributed by atoms with Crippen LogP contribution in [-0.4, -0.2) is 63.8 Å². The third-order valence-corrected chi connectivity index (χ3v) is 7.47. The van der Waals surface area contributed by atoms with Crippen LogP contribution in [0.5, 0.6) is 0 Å². The Hall–Kier alpha value is -3.85. The highest BCUT2D eigenvalue weighted by atomic mass is 32.1. The zero-order valence-corrected chi connectivity index (χ0v) is 20.8. The molecule has 11 nitrogen and oxygen atoms in total. The Balaban J connectivity index is 1.33. The lowest BCUT2D eigenvalue weighted by molar-refractivity contribution is -0.161. The van der Waals surface area contributed by atoms with Gasteiger partial charge in [0.1, 0.15) is 30.3 Å². The summed E-state index contributed by atoms with van der Waals surface area (Å²) < 4.78 is 37.6. The maximum atomic E-state index is 13.9. The number of aliphatic hydroxyl groups is 2. The molecular weight excluding hydrogens is 518 g/mol. The van der Waals surface area contributed by atoms with Crippen molar-refractivity contribution in [3.05, 3.63) is 65.3 Å². The Morgan fingerprint density at radius 3 is 2.87 bits per heavy atom. The number of ether oxygens (including phenoxy) is 1. The highest BCUT2D eigenvalue weighted by Gasteiger charge is 2.41. The zero-order chi connectivity index (χ0) is 26.6. The number of hydrogen-bond donors (Lipinski definition) is 3. The van der Waals surface area contributed by atoms with Gasteiger partial charge in [0.2, 0.25) is 0 Å². The van der Waals surface area contributed by atoms with Crippen LogP contribution in [0.25, 0.3) is 27.2 Å². The summed E-state index contributed by atoms with van der Waals surface area (Å²) in [7, 11) is 0. The molecule has 1 fully saturated rings. The van der Waals surface area contributed by atoms with Crippen molar-refractivity contribution in [2.75, 3.05) is 12.3 Å². The van der Waals surface area contributed by atoms with Crippen molar-refractivity contribution in [1.29, 1.82) is 0 Å². The number of fused-ring (bicyclic) bond motifs is 1. The molecule has 0 bridgehead atoms. The van der Waals surface area contributed by atoms with Crippen LogP contribution in [0.4, 0.5) is 14.5 Å². The van der Waals surface area contributed by atoms with Crippen molar-refractivity contribution in [1.82, 2.24) is 34.7 Å². The second-order valence-corrected chi connectivity index (χ2v) is 10.2. The van der Waals surface area contributed by atoms with Crippen LogP contribution in [0.2, 0.25) is 0 Å². The SMILES string of the molecule is Cc1nc2ccc(-n3ncnc3C3CC(n4cc(-c5cc(N)c(F)c(F)c5)nn4)C(O)C(CO)O3)cc2s1. The van der Waals surface area contributed by atoms with E-state index in [1.165, 1.54) is 23.3 Å². The summed E-state index contributed by atoms with van der Waals surface area (Å²) >= 11 is 1.57. The van der Waals surface area contributed by atoms with Gasteiger partial charge >= 0.3 is 0 Å². The minimum Gasteiger partial charge on any atom is -0.396 e. The summed E-state index contributed by atoms with van der Waals surface area (Å²) in [5.74, 6) is -1.76. The van der Waals surface area contributed by atoms with Gasteiger partial charge in [0.25, 0.3) is 0 Å². The first-order valence-corrected chi connectivity index (χ1v) is 12.5. The number of benzene rings is 2. The molecule has 196 valence electrons. The molecule has 6 rings (SSSR count). The van der Waals surface area contributed by atoms with Gasteiger partial charge in [0, 0.05) is 12.0 Å². The van der Waals surface area contributed by atoms with Crippen LogP contribution >= 0.6 is 11.3 Å². The van der Waals surface area contributed by atoms with Gasteiger partial charge in [-0.3, -0.25) is 0 Å². The molecule has 0 radical (unpaired) electrons. The summed E-state index contributed by atoms with van der Waals surface area (Å²) in [6, 6.07) is 7.32. The van der Waals surface area contributed by atoms with Crippen molar-refractivity contribution in [2.45, 2.75) is 37.7 Å². The molecule has 4 N–H and O–H groups in total. The van der Waals surface area contributed by atoms with E-state index in [1.54, 1.807) is 16.0 Å². The molecule has 1 aliphatic heterocycles. The number of halogens is 2. The number of nitrogens with zero attached hydrogens (tertiary/aromatic N) is 7. The molecule has 0 spiro atoms. The fraction of sp³-hybridized carbons (Fsp3) is 0.292. The van der Waals surface area contributed by atoms with Crippen LogP contribution in [-0.2, 0) is 4.74 Å². The highest BCUT2D eigenvalue weighted by Crippen LogP contribution is 2.38. The summed E-state index contributed by atoms with van der Waals surface area (Å²) in [6.45, 7) is 1.49. The Bertz CT molecular complexity index is 1610. The summed E-state index contributed by atoms with van der Waals surface area (Å²) in [6.07, 6.45) is 0.405. The van der Waals surface area contributed by atoms with E-state index in [0.717, 1.165) is 27.0 Å². The number of rotatable bonds is 5. The molecule has 3 aromatic heterocycles. The molecule has 5 aromatic rings. The molecule has 14 heteroatoms. The van der Waals surface area contributed by atoms with Crippen molar-refractivity contribution in [2.24, 2.45) is 0 Å². The number of hydrogen-bond acceptors (Lipinski definition) is 10. The molecule has 0 aliphatic carbocycles. The van der Waals surface area contributed by atoms with Gasteiger partial charge in [-0.05, 0) is 37.3 Å². The average molecular weight is 541 g/mol. The maximum Gasteiger partial charge on any atom is 0.181 e. The number of aromatic nitrogens is 7. The number of aryl methyl sites for hydroxylation is 1. The van der Waals surface area contributed by atoms with Gasteiger partial charge in [0.05, 0.1) is 45.4 Å². The van der Waals surface area contributed by atoms with Crippen LogP contribution in [0, 0.1) is 18.6 Å². The minimum atomic E-state index is -1.14. The standard InChI is InChI=1S/C24H22F2N8O3S/c1-11-30-16-3-2-13(6-21(16)38-11)34-24(28-10-29-34)19-7-18(23(36)20(9-35)37-19)33-8-17(31-32-33)12-4-14(25)22(26)15(27)5-12/h2-6,8,10,18-20,23,35-36H,7,9,27H2,1H3. The number of anilines is 1. The van der Waals surface area contributed by atoms with E-state index < -0.39 is 42.6 Å². The van der Waals surface area contributed by atoms with Gasteiger partial charge in [-0.25, -0.2) is 28.1 Å². The second-order valence-electron chi connectivity index (χ2n) is 9.00. The molecule has 4 heterocycles. The number of nitrogen functional groups attached to an aromatic ring is 1. The molecule has 38 heavy (non-hydrogen) atoms. The third kappa shape index (κ3) is 4.20. The molecule has 4 atom stereocenters. The van der Waals surface area contributed by atoms with Crippen molar-refractivity contribution in [3.8, 4) is 16.9 Å². The lowest BCUT2D eigenvalue weighted by Gasteiger charge is -2.38. The lowest BCUT2D eigenvalue weighted by atomic mass is 9.95. The smallest absolute Gasteiger partial charge is 0.181 e. The van der Waals surface area contributed by atoms with Gasteiger partial charge in [-0.2, -0.15) is 5.10 Å². The summed E-state index contributed by atoms with van der Waals surface area (Å²) in [4.78, 5) is 8.91. The largest absolute Gasteiger partial charge is 0.396 e. The monoisotopic (exact) mass is 540 g/mol. The lowest BCUT2D eigenvalue weighted by Crippen LogP contribution is -2.45. The highest BCUT2D eigenvalue weighted by molar-refractivity contribution is 7.18. The first kappa shape index (κ1) is 24.5. The topological polar surface area (TPSA) is 150 Å². The van der Waals surface area contributed by atoms with Crippen LogP contribution in [0.3, 0.4) is 0 Å². The maximum absolute atomic E-state index is 13.9. The fourth-order valence-corrected chi connectivity index (χ4v) is 5.55. The molecule has 0 amide bonds. The number of nitrogens with two attached hydrogens (primary N) is 1. The molecule has 1 aliphatic rings. The van der Waals surface area contributed by atoms with Gasteiger partial charge in [-0.1, -0.05) is 5.21 Å². The van der Waals surface area contributed by atoms with Crippen LogP contribution < -0.4 is 5.73 Å². The van der Waals surface area contributed by atoms with Crippen LogP contribution in [0.15, 0.2) is 42.9 Å². The molecule has 2 aromatic carbocycles. The molecule has 1 saturated heterocycles. The van der Waals surface area contributed by atoms with E-state index in [2.05, 4.69) is 25.4 Å². The normalized spacial score (nSPS) is 21.8. The second kappa shape index (κ2) is 9.47. The predicted molar refractivity (Wildman–Crippen MR) is 133 cm³/mol. The Kier molecular flexibility index (Phi) is 6.10. The molecule has 4 unspecified atom stereocenters. The van der Waals surface area contributed by atoms with Gasteiger partial charge < -0.3 is 20.7 Å². The predicted octanol–water partition coefficient (Wildman–Crippen LogP) is 2.73. The van der Waals surface area contributed by atoms with E-state index >= 15 is 0 Å². The zero-order valence-electron chi connectivity index (χ0n) is 19.9. The fourth-order valence-electron chi connectivity index (χ4n) is 4.69. The van der Waals surface area contributed by atoms with Crippen LogP contribution in [0.1, 0.15) is 29.4 Å². The minimum absolute atomic E-state index is 0.223. The van der Waals surface area contributed by atoms with Crippen molar-refractivity contribution in [3.63, 3.8) is 0 Å². The Labute approximate surface area is 218 Å². The number of thiazole rings is 1. The van der Waals surface area contributed by atoms with E-state index in [-0.39, 0.29) is 23.4 Å². The van der Waals surface area contributed by atoms with Crippen molar-refractivity contribution >= 4 is 27.2 Å². The summed E-state index contributed by atoms with van der Waals surface area (Å²) in [5.41, 5.74) is 7.33. The quantitative estimate of drug-likeness (QED) is 0.286. The average Bonchev–Trinajstić information content (AvgIpc) is 3.65. The van der Waals surface area contributed by atoms with Crippen molar-refractivity contribution < 1.29 is 23.7 Å². The van der Waals surface area contributed by atoms with Gasteiger partial charge in [-0.15, -0.1) is 16.4 Å². The first-order chi connectivity index (χ1) is 18.3. The summed E-state index contributed by atoms with van der Waals surface area (Å²) in [5, 5.41) is 34.4. The molecule has 0 saturated carbocycles. The van der Waals surface area contributed by atoms with E-state index in [0.29, 0.717) is 5.82 Å². The third-order valence-electron chi connectivity index (χ3n) is 6.54. The molecular formula is C24H22F2N8O3S. The van der Waals surface area contributed by atoms with Gasteiger partial charge in [0.15, 0.2) is 17.5 Å². The van der Waals surface area contributed by atoms with E-state index in [9.17, 15) is 19.0 Å². The Morgan fingerprint density at radius 2 is 2.08 bits per heavy atom. The van der Waals surface area contributed by atoms with E-state index in [1.807, 2.05) is 25.1 Å². The van der Waals surface area contributed by atoms with E-state index in [4.69, 9.17) is 10.5 Å². The number of aliphatic hydroxyl groups excluding tert-OH is 2. The first-order valence-electron chi connectivity index (χ1n) is 11.7. The Morgan fingerprint density at radius 1 is 1.24 bits per heavy atom.